The Morgan fingerprint density at radius 1 is 1.00 bits per heavy atom. The van der Waals surface area contributed by atoms with Gasteiger partial charge in [-0.15, -0.1) is 0 Å². The van der Waals surface area contributed by atoms with Crippen molar-refractivity contribution >= 4 is 33.0 Å². The zero-order valence-corrected chi connectivity index (χ0v) is 15.6. The van der Waals surface area contributed by atoms with Crippen molar-refractivity contribution in [1.29, 1.82) is 0 Å². The Balaban J connectivity index is 1.93. The molecule has 8 nitrogen and oxygen atoms in total. The zero-order chi connectivity index (χ0) is 20.6. The molecule has 2 aromatic heterocycles. The van der Waals surface area contributed by atoms with E-state index in [1.807, 2.05) is 0 Å². The number of rotatable bonds is 5. The topological polar surface area (TPSA) is 112 Å². The van der Waals surface area contributed by atoms with Gasteiger partial charge in [-0.1, -0.05) is 18.2 Å². The van der Waals surface area contributed by atoms with E-state index < -0.39 is 14.9 Å². The average Bonchev–Trinajstić information content (AvgIpc) is 3.19. The molecule has 0 aliphatic heterocycles. The number of non-ortho nitro benzene ring substituents is 1. The molecule has 0 bridgehead atoms. The molecular formula is C20H13N3O5S. The average molecular weight is 407 g/mol. The molecule has 0 atom stereocenters. The normalized spacial score (nSPS) is 11.4. The fourth-order valence-electron chi connectivity index (χ4n) is 3.16. The van der Waals surface area contributed by atoms with Crippen LogP contribution in [-0.2, 0) is 10.0 Å². The lowest BCUT2D eigenvalue weighted by Crippen LogP contribution is -2.12. The highest BCUT2D eigenvalue weighted by atomic mass is 32.2. The van der Waals surface area contributed by atoms with Crippen molar-refractivity contribution in [2.75, 3.05) is 0 Å². The summed E-state index contributed by atoms with van der Waals surface area (Å²) in [6.07, 6.45) is 3.37. The minimum absolute atomic E-state index is 0.119. The number of carbonyl (C=O) groups excluding carboxylic acids is 1. The van der Waals surface area contributed by atoms with Gasteiger partial charge >= 0.3 is 0 Å². The Kier molecular flexibility index (Phi) is 4.44. The van der Waals surface area contributed by atoms with Crippen LogP contribution in [0.1, 0.15) is 10.4 Å². The molecule has 0 saturated heterocycles. The largest absolute Gasteiger partial charge is 0.298 e. The van der Waals surface area contributed by atoms with Crippen LogP contribution in [0.4, 0.5) is 5.69 Å². The molecule has 0 saturated carbocycles. The van der Waals surface area contributed by atoms with E-state index >= 15 is 0 Å². The van der Waals surface area contributed by atoms with Crippen LogP contribution in [0, 0.1) is 10.1 Å². The molecule has 29 heavy (non-hydrogen) atoms. The second-order valence-corrected chi connectivity index (χ2v) is 7.99. The standard InChI is InChI=1S/C20H13N3O5S/c24-13-14-12-15(23(25)26)6-7-17(14)18-8-10-21-20-19(18)9-11-22(20)29(27,28)16-4-2-1-3-5-16/h1-13H. The van der Waals surface area contributed by atoms with Crippen LogP contribution in [0.3, 0.4) is 0 Å². The summed E-state index contributed by atoms with van der Waals surface area (Å²) in [6, 6.07) is 15.1. The van der Waals surface area contributed by atoms with Crippen molar-refractivity contribution < 1.29 is 18.1 Å². The van der Waals surface area contributed by atoms with Crippen LogP contribution < -0.4 is 0 Å². The van der Waals surface area contributed by atoms with Gasteiger partial charge in [0.15, 0.2) is 11.9 Å². The van der Waals surface area contributed by atoms with Crippen molar-refractivity contribution in [1.82, 2.24) is 8.96 Å². The molecule has 0 radical (unpaired) electrons. The summed E-state index contributed by atoms with van der Waals surface area (Å²) in [5.41, 5.74) is 1.12. The Labute approximate surface area is 165 Å². The number of hydrogen-bond acceptors (Lipinski definition) is 6. The Morgan fingerprint density at radius 2 is 1.76 bits per heavy atom. The molecule has 9 heteroatoms. The second kappa shape index (κ2) is 6.95. The third kappa shape index (κ3) is 3.07. The molecular weight excluding hydrogens is 394 g/mol. The first-order chi connectivity index (χ1) is 13.9. The first kappa shape index (κ1) is 18.5. The summed E-state index contributed by atoms with van der Waals surface area (Å²) < 4.78 is 27.1. The number of nitro groups is 1. The zero-order valence-electron chi connectivity index (χ0n) is 14.8. The maximum Gasteiger partial charge on any atom is 0.270 e. The summed E-state index contributed by atoms with van der Waals surface area (Å²) in [5.74, 6) is 0. The van der Waals surface area contributed by atoms with E-state index in [2.05, 4.69) is 4.98 Å². The number of aldehydes is 1. The Morgan fingerprint density at radius 3 is 2.45 bits per heavy atom. The quantitative estimate of drug-likeness (QED) is 0.283. The van der Waals surface area contributed by atoms with Crippen LogP contribution in [0.2, 0.25) is 0 Å². The summed E-state index contributed by atoms with van der Waals surface area (Å²) in [7, 11) is -3.86. The minimum Gasteiger partial charge on any atom is -0.298 e. The van der Waals surface area contributed by atoms with Gasteiger partial charge in [0, 0.05) is 35.5 Å². The number of nitrogens with zero attached hydrogens (tertiary/aromatic N) is 3. The van der Waals surface area contributed by atoms with E-state index in [-0.39, 0.29) is 21.8 Å². The number of carbonyl (C=O) groups is 1. The van der Waals surface area contributed by atoms with Crippen LogP contribution >= 0.6 is 0 Å². The molecule has 0 aliphatic rings. The lowest BCUT2D eigenvalue weighted by Gasteiger charge is -2.09. The highest BCUT2D eigenvalue weighted by Crippen LogP contribution is 2.33. The van der Waals surface area contributed by atoms with Crippen molar-refractivity contribution in [2.24, 2.45) is 0 Å². The first-order valence-electron chi connectivity index (χ1n) is 8.44. The number of nitro benzene ring substituents is 1. The number of benzene rings is 2. The van der Waals surface area contributed by atoms with Crippen molar-refractivity contribution in [3.05, 3.63) is 88.7 Å². The molecule has 144 valence electrons. The molecule has 0 N–H and O–H groups in total. The number of fused-ring (bicyclic) bond motifs is 1. The summed E-state index contributed by atoms with van der Waals surface area (Å²) in [4.78, 5) is 26.3. The van der Waals surface area contributed by atoms with Gasteiger partial charge < -0.3 is 0 Å². The third-order valence-electron chi connectivity index (χ3n) is 4.52. The van der Waals surface area contributed by atoms with Crippen LogP contribution in [0.25, 0.3) is 22.2 Å². The predicted molar refractivity (Wildman–Crippen MR) is 106 cm³/mol. The molecule has 4 aromatic rings. The predicted octanol–water partition coefficient (Wildman–Crippen LogP) is 3.66. The Bertz CT molecular complexity index is 1360. The molecule has 0 amide bonds. The molecule has 2 heterocycles. The van der Waals surface area contributed by atoms with Gasteiger partial charge in [0.2, 0.25) is 0 Å². The second-order valence-electron chi connectivity index (χ2n) is 6.17. The summed E-state index contributed by atoms with van der Waals surface area (Å²) in [6.45, 7) is 0. The molecule has 0 spiro atoms. The van der Waals surface area contributed by atoms with Gasteiger partial charge in [-0.3, -0.25) is 14.9 Å². The highest BCUT2D eigenvalue weighted by Gasteiger charge is 2.21. The highest BCUT2D eigenvalue weighted by molar-refractivity contribution is 7.90. The van der Waals surface area contributed by atoms with E-state index in [0.717, 1.165) is 3.97 Å². The molecule has 0 unspecified atom stereocenters. The summed E-state index contributed by atoms with van der Waals surface area (Å²) in [5, 5.41) is 11.5. The van der Waals surface area contributed by atoms with Crippen LogP contribution in [-0.4, -0.2) is 28.6 Å². The van der Waals surface area contributed by atoms with Gasteiger partial charge in [0.05, 0.1) is 9.82 Å². The number of hydrogen-bond donors (Lipinski definition) is 0. The van der Waals surface area contributed by atoms with Crippen molar-refractivity contribution in [3.63, 3.8) is 0 Å². The number of aromatic nitrogens is 2. The van der Waals surface area contributed by atoms with Gasteiger partial charge in [-0.05, 0) is 41.5 Å². The number of pyridine rings is 1. The fraction of sp³-hybridized carbons (Fsp3) is 0. The molecule has 2 aromatic carbocycles. The SMILES string of the molecule is O=Cc1cc([N+](=O)[O-])ccc1-c1ccnc2c1ccn2S(=O)(=O)c1ccccc1. The van der Waals surface area contributed by atoms with E-state index in [1.54, 1.807) is 30.3 Å². The first-order valence-corrected chi connectivity index (χ1v) is 9.88. The summed E-state index contributed by atoms with van der Waals surface area (Å²) >= 11 is 0. The maximum absolute atomic E-state index is 13.0. The van der Waals surface area contributed by atoms with E-state index in [4.69, 9.17) is 0 Å². The van der Waals surface area contributed by atoms with E-state index in [1.165, 1.54) is 42.7 Å². The maximum atomic E-state index is 13.0. The van der Waals surface area contributed by atoms with Crippen molar-refractivity contribution in [2.45, 2.75) is 4.90 Å². The van der Waals surface area contributed by atoms with Crippen molar-refractivity contribution in [3.8, 4) is 11.1 Å². The van der Waals surface area contributed by atoms with Crippen LogP contribution in [0.5, 0.6) is 0 Å². The molecule has 4 rings (SSSR count). The van der Waals surface area contributed by atoms with Gasteiger partial charge in [-0.25, -0.2) is 17.4 Å². The lowest BCUT2D eigenvalue weighted by atomic mass is 9.98. The third-order valence-corrected chi connectivity index (χ3v) is 6.20. The monoisotopic (exact) mass is 407 g/mol. The fourth-order valence-corrected chi connectivity index (χ4v) is 4.48. The molecule has 0 fully saturated rings. The van der Waals surface area contributed by atoms with Gasteiger partial charge in [0.1, 0.15) is 0 Å². The molecule has 0 aliphatic carbocycles. The smallest absolute Gasteiger partial charge is 0.270 e. The van der Waals surface area contributed by atoms with Crippen LogP contribution in [0.15, 0.2) is 78.0 Å². The van der Waals surface area contributed by atoms with E-state index in [0.29, 0.717) is 22.8 Å². The van der Waals surface area contributed by atoms with Gasteiger partial charge in [-0.2, -0.15) is 0 Å². The minimum atomic E-state index is -3.86. The Hall–Kier alpha value is -3.85. The lowest BCUT2D eigenvalue weighted by molar-refractivity contribution is -0.384. The van der Waals surface area contributed by atoms with Gasteiger partial charge in [0.25, 0.3) is 15.7 Å². The van der Waals surface area contributed by atoms with E-state index in [9.17, 15) is 23.3 Å².